The van der Waals surface area contributed by atoms with Gasteiger partial charge in [-0.2, -0.15) is 0 Å². The normalized spacial score (nSPS) is 20.2. The van der Waals surface area contributed by atoms with E-state index in [-0.39, 0.29) is 17.3 Å². The fraction of sp³-hybridized carbons (Fsp3) is 0.533. The topological polar surface area (TPSA) is 38.3 Å². The highest BCUT2D eigenvalue weighted by Crippen LogP contribution is 2.23. The van der Waals surface area contributed by atoms with Crippen molar-refractivity contribution >= 4 is 17.7 Å². The molecule has 0 saturated carbocycles. The van der Waals surface area contributed by atoms with Crippen molar-refractivity contribution in [2.24, 2.45) is 0 Å². The van der Waals surface area contributed by atoms with Crippen LogP contribution in [0.1, 0.15) is 25.3 Å². The van der Waals surface area contributed by atoms with E-state index < -0.39 is 0 Å². The number of hydrogen-bond donors (Lipinski definition) is 1. The van der Waals surface area contributed by atoms with Crippen LogP contribution in [0.3, 0.4) is 0 Å². The summed E-state index contributed by atoms with van der Waals surface area (Å²) in [6.07, 6.45) is 2.37. The minimum Gasteiger partial charge on any atom is -0.376 e. The van der Waals surface area contributed by atoms with E-state index in [1.54, 1.807) is 11.8 Å². The molecule has 104 valence electrons. The molecule has 0 unspecified atom stereocenters. The average molecular weight is 279 g/mol. The quantitative estimate of drug-likeness (QED) is 0.842. The van der Waals surface area contributed by atoms with Crippen LogP contribution >= 0.6 is 11.8 Å². The molecule has 0 spiro atoms. The van der Waals surface area contributed by atoms with Gasteiger partial charge in [-0.3, -0.25) is 4.79 Å². The van der Waals surface area contributed by atoms with E-state index >= 15 is 0 Å². The van der Waals surface area contributed by atoms with Crippen LogP contribution in [0.25, 0.3) is 0 Å². The van der Waals surface area contributed by atoms with E-state index in [1.165, 1.54) is 5.56 Å². The van der Waals surface area contributed by atoms with Crippen molar-refractivity contribution in [1.29, 1.82) is 0 Å². The highest BCUT2D eigenvalue weighted by molar-refractivity contribution is 8.00. The third-order valence-electron chi connectivity index (χ3n) is 3.23. The molecule has 1 saturated heterocycles. The van der Waals surface area contributed by atoms with Gasteiger partial charge in [-0.05, 0) is 38.8 Å². The van der Waals surface area contributed by atoms with Crippen molar-refractivity contribution in [2.45, 2.75) is 42.9 Å². The van der Waals surface area contributed by atoms with E-state index in [0.29, 0.717) is 6.54 Å². The van der Waals surface area contributed by atoms with E-state index in [4.69, 9.17) is 4.74 Å². The fourth-order valence-electron chi connectivity index (χ4n) is 2.04. The molecule has 1 aromatic rings. The standard InChI is InChI=1S/C15H21NO2S/c1-11-5-7-14(8-6-11)19-12(2)15(17)16-10-13-4-3-9-18-13/h5-8,12-13H,3-4,9-10H2,1-2H3,(H,16,17)/t12-,13+/m1/s1. The molecule has 0 bridgehead atoms. The first-order chi connectivity index (χ1) is 9.15. The molecule has 4 heteroatoms. The number of benzene rings is 1. The van der Waals surface area contributed by atoms with Gasteiger partial charge in [0, 0.05) is 18.0 Å². The molecule has 19 heavy (non-hydrogen) atoms. The smallest absolute Gasteiger partial charge is 0.233 e. The zero-order valence-corrected chi connectivity index (χ0v) is 12.3. The number of thioether (sulfide) groups is 1. The Morgan fingerprint density at radius 3 is 2.84 bits per heavy atom. The van der Waals surface area contributed by atoms with Crippen LogP contribution in [0.5, 0.6) is 0 Å². The van der Waals surface area contributed by atoms with Crippen LogP contribution in [0.2, 0.25) is 0 Å². The number of ether oxygens (including phenoxy) is 1. The Morgan fingerprint density at radius 1 is 1.47 bits per heavy atom. The van der Waals surface area contributed by atoms with Crippen molar-refractivity contribution in [3.8, 4) is 0 Å². The first-order valence-electron chi connectivity index (χ1n) is 6.78. The highest BCUT2D eigenvalue weighted by atomic mass is 32.2. The minimum atomic E-state index is -0.0795. The largest absolute Gasteiger partial charge is 0.376 e. The minimum absolute atomic E-state index is 0.0795. The van der Waals surface area contributed by atoms with E-state index in [1.807, 2.05) is 6.92 Å². The maximum absolute atomic E-state index is 12.0. The van der Waals surface area contributed by atoms with Gasteiger partial charge in [0.15, 0.2) is 0 Å². The van der Waals surface area contributed by atoms with Gasteiger partial charge in [-0.15, -0.1) is 11.8 Å². The molecular weight excluding hydrogens is 258 g/mol. The Bertz CT molecular complexity index is 413. The summed E-state index contributed by atoms with van der Waals surface area (Å²) in [6.45, 7) is 5.47. The SMILES string of the molecule is Cc1ccc(S[C@H](C)C(=O)NC[C@@H]2CCCO2)cc1. The van der Waals surface area contributed by atoms with Gasteiger partial charge in [-0.1, -0.05) is 17.7 Å². The summed E-state index contributed by atoms with van der Waals surface area (Å²) < 4.78 is 5.49. The van der Waals surface area contributed by atoms with Gasteiger partial charge in [0.05, 0.1) is 11.4 Å². The Hall–Kier alpha value is -1.00. The highest BCUT2D eigenvalue weighted by Gasteiger charge is 2.19. The van der Waals surface area contributed by atoms with Crippen LogP contribution in [-0.4, -0.2) is 30.4 Å². The predicted octanol–water partition coefficient (Wildman–Crippen LogP) is 2.77. The average Bonchev–Trinajstić information content (AvgIpc) is 2.91. The molecule has 0 aliphatic carbocycles. The Morgan fingerprint density at radius 2 is 2.21 bits per heavy atom. The van der Waals surface area contributed by atoms with Gasteiger partial charge >= 0.3 is 0 Å². The van der Waals surface area contributed by atoms with Crippen molar-refractivity contribution < 1.29 is 9.53 Å². The molecule has 1 aromatic carbocycles. The molecule has 1 heterocycles. The number of aryl methyl sites for hydroxylation is 1. The molecular formula is C15H21NO2S. The lowest BCUT2D eigenvalue weighted by atomic mass is 10.2. The van der Waals surface area contributed by atoms with Crippen molar-refractivity contribution in [3.05, 3.63) is 29.8 Å². The molecule has 1 fully saturated rings. The number of carbonyl (C=O) groups excluding carboxylic acids is 1. The van der Waals surface area contributed by atoms with Crippen LogP contribution in [-0.2, 0) is 9.53 Å². The van der Waals surface area contributed by atoms with Crippen molar-refractivity contribution in [3.63, 3.8) is 0 Å². The fourth-order valence-corrected chi connectivity index (χ4v) is 2.93. The maximum atomic E-state index is 12.0. The predicted molar refractivity (Wildman–Crippen MR) is 78.5 cm³/mol. The number of rotatable bonds is 5. The van der Waals surface area contributed by atoms with Crippen molar-refractivity contribution in [2.75, 3.05) is 13.2 Å². The Balaban J connectivity index is 1.76. The van der Waals surface area contributed by atoms with Gasteiger partial charge in [0.1, 0.15) is 0 Å². The number of nitrogens with one attached hydrogen (secondary N) is 1. The molecule has 1 aliphatic heterocycles. The lowest BCUT2D eigenvalue weighted by Gasteiger charge is -2.14. The molecule has 0 aromatic heterocycles. The van der Waals surface area contributed by atoms with Crippen LogP contribution in [0.15, 0.2) is 29.2 Å². The second kappa shape index (κ2) is 6.96. The molecule has 0 radical (unpaired) electrons. The summed E-state index contributed by atoms with van der Waals surface area (Å²) in [5.74, 6) is 0.0843. The molecule has 1 N–H and O–H groups in total. The second-order valence-corrected chi connectivity index (χ2v) is 6.37. The Labute approximate surface area is 119 Å². The summed E-state index contributed by atoms with van der Waals surface area (Å²) in [5.41, 5.74) is 1.24. The molecule has 1 amide bonds. The third-order valence-corrected chi connectivity index (χ3v) is 4.34. The summed E-state index contributed by atoms with van der Waals surface area (Å²) in [5, 5.41) is 2.89. The molecule has 2 rings (SSSR count). The van der Waals surface area contributed by atoms with Crippen LogP contribution in [0, 0.1) is 6.92 Å². The van der Waals surface area contributed by atoms with Gasteiger partial charge in [0.2, 0.25) is 5.91 Å². The number of amides is 1. The summed E-state index contributed by atoms with van der Waals surface area (Å²) in [7, 11) is 0. The van der Waals surface area contributed by atoms with E-state index in [2.05, 4.69) is 36.5 Å². The third kappa shape index (κ3) is 4.55. The van der Waals surface area contributed by atoms with E-state index in [0.717, 1.165) is 24.3 Å². The zero-order chi connectivity index (χ0) is 13.7. The van der Waals surface area contributed by atoms with Crippen molar-refractivity contribution in [1.82, 2.24) is 5.32 Å². The summed E-state index contributed by atoms with van der Waals surface area (Å²) in [4.78, 5) is 13.1. The van der Waals surface area contributed by atoms with E-state index in [9.17, 15) is 4.79 Å². The zero-order valence-electron chi connectivity index (χ0n) is 11.5. The maximum Gasteiger partial charge on any atom is 0.233 e. The first kappa shape index (κ1) is 14.4. The first-order valence-corrected chi connectivity index (χ1v) is 7.66. The summed E-state index contributed by atoms with van der Waals surface area (Å²) >= 11 is 1.59. The van der Waals surface area contributed by atoms with Gasteiger partial charge < -0.3 is 10.1 Å². The second-order valence-electron chi connectivity index (χ2n) is 4.95. The summed E-state index contributed by atoms with van der Waals surface area (Å²) in [6, 6.07) is 8.26. The monoisotopic (exact) mass is 279 g/mol. The number of hydrogen-bond acceptors (Lipinski definition) is 3. The van der Waals surface area contributed by atoms with Crippen LogP contribution in [0.4, 0.5) is 0 Å². The van der Waals surface area contributed by atoms with Gasteiger partial charge in [0.25, 0.3) is 0 Å². The lowest BCUT2D eigenvalue weighted by Crippen LogP contribution is -2.36. The Kier molecular flexibility index (Phi) is 5.28. The number of carbonyl (C=O) groups is 1. The molecule has 2 atom stereocenters. The van der Waals surface area contributed by atoms with Crippen LogP contribution < -0.4 is 5.32 Å². The molecule has 3 nitrogen and oxygen atoms in total. The molecule has 1 aliphatic rings. The lowest BCUT2D eigenvalue weighted by molar-refractivity contribution is -0.120. The van der Waals surface area contributed by atoms with Gasteiger partial charge in [-0.25, -0.2) is 0 Å².